The summed E-state index contributed by atoms with van der Waals surface area (Å²) in [5.41, 5.74) is 2.41. The molecule has 3 fully saturated rings. The first kappa shape index (κ1) is 14.6. The first-order chi connectivity index (χ1) is 11.8. The van der Waals surface area contributed by atoms with Gasteiger partial charge < -0.3 is 10.3 Å². The summed E-state index contributed by atoms with van der Waals surface area (Å²) in [6.07, 6.45) is 10.4. The number of aryl methyl sites for hydroxylation is 1. The van der Waals surface area contributed by atoms with Gasteiger partial charge in [0.05, 0.1) is 0 Å². The molecule has 3 saturated carbocycles. The van der Waals surface area contributed by atoms with E-state index in [0.717, 1.165) is 35.6 Å². The minimum absolute atomic E-state index is 0.243. The number of aromatic amines is 1. The molecule has 0 saturated heterocycles. The van der Waals surface area contributed by atoms with Crippen LogP contribution in [0.5, 0.6) is 0 Å². The zero-order valence-corrected chi connectivity index (χ0v) is 14.1. The highest BCUT2D eigenvalue weighted by Crippen LogP contribution is 2.58. The van der Waals surface area contributed by atoms with Crippen molar-refractivity contribution >= 4 is 16.8 Å². The Morgan fingerprint density at radius 3 is 2.96 bits per heavy atom. The monoisotopic (exact) mass is 322 g/mol. The van der Waals surface area contributed by atoms with Gasteiger partial charge in [0.2, 0.25) is 5.91 Å². The predicted molar refractivity (Wildman–Crippen MR) is 95.6 cm³/mol. The molecule has 5 atom stereocenters. The van der Waals surface area contributed by atoms with E-state index in [9.17, 15) is 4.79 Å². The van der Waals surface area contributed by atoms with Crippen molar-refractivity contribution in [2.24, 2.45) is 23.7 Å². The topological polar surface area (TPSA) is 44.9 Å². The number of para-hydroxylation sites is 1. The van der Waals surface area contributed by atoms with Crippen LogP contribution in [0.1, 0.15) is 44.1 Å². The summed E-state index contributed by atoms with van der Waals surface area (Å²) in [5, 5.41) is 4.63. The average molecular weight is 322 g/mol. The molecule has 2 bridgehead atoms. The number of fused-ring (bicyclic) bond motifs is 6. The first-order valence-corrected chi connectivity index (χ1v) is 9.64. The third-order valence-electron chi connectivity index (χ3n) is 7.07. The smallest absolute Gasteiger partial charge is 0.220 e. The summed E-state index contributed by atoms with van der Waals surface area (Å²) in [4.78, 5) is 15.8. The van der Waals surface area contributed by atoms with Crippen LogP contribution in [0.2, 0.25) is 0 Å². The van der Waals surface area contributed by atoms with E-state index in [1.807, 2.05) is 6.07 Å². The van der Waals surface area contributed by atoms with Crippen LogP contribution < -0.4 is 5.32 Å². The van der Waals surface area contributed by atoms with Crippen LogP contribution in [-0.2, 0) is 11.2 Å². The summed E-state index contributed by atoms with van der Waals surface area (Å²) < 4.78 is 0. The van der Waals surface area contributed by atoms with Crippen molar-refractivity contribution in [3.05, 3.63) is 36.0 Å². The molecule has 1 heterocycles. The zero-order chi connectivity index (χ0) is 16.1. The standard InChI is InChI=1S/C21H26N2O/c24-21(9-8-13-12-22-19-7-2-1-4-16(13)19)23-20-11-14-10-18(20)17-6-3-5-15(14)17/h1-2,4,7,12,14-15,17-18,20,22H,3,5-6,8-11H2,(H,23,24). The Morgan fingerprint density at radius 2 is 2.00 bits per heavy atom. The molecule has 1 aromatic carbocycles. The van der Waals surface area contributed by atoms with Crippen LogP contribution in [0.25, 0.3) is 10.9 Å². The lowest BCUT2D eigenvalue weighted by Crippen LogP contribution is -2.42. The highest BCUT2D eigenvalue weighted by atomic mass is 16.1. The summed E-state index contributed by atoms with van der Waals surface area (Å²) in [6.45, 7) is 0. The Morgan fingerprint density at radius 1 is 1.12 bits per heavy atom. The highest BCUT2D eigenvalue weighted by Gasteiger charge is 2.53. The van der Waals surface area contributed by atoms with Gasteiger partial charge in [-0.2, -0.15) is 0 Å². The second kappa shape index (κ2) is 5.65. The average Bonchev–Trinajstić information content (AvgIpc) is 3.34. The van der Waals surface area contributed by atoms with Crippen molar-refractivity contribution in [3.63, 3.8) is 0 Å². The van der Waals surface area contributed by atoms with Crippen LogP contribution in [0.4, 0.5) is 0 Å². The van der Waals surface area contributed by atoms with Crippen LogP contribution in [0.3, 0.4) is 0 Å². The molecule has 2 N–H and O–H groups in total. The van der Waals surface area contributed by atoms with E-state index in [2.05, 4.69) is 34.7 Å². The lowest BCUT2D eigenvalue weighted by molar-refractivity contribution is -0.122. The Balaban J connectivity index is 1.20. The summed E-state index contributed by atoms with van der Waals surface area (Å²) in [7, 11) is 0. The number of carbonyl (C=O) groups excluding carboxylic acids is 1. The number of nitrogens with one attached hydrogen (secondary N) is 2. The maximum Gasteiger partial charge on any atom is 0.220 e. The van der Waals surface area contributed by atoms with E-state index < -0.39 is 0 Å². The molecule has 3 aliphatic rings. The third kappa shape index (κ3) is 2.28. The van der Waals surface area contributed by atoms with Crippen LogP contribution in [0.15, 0.2) is 30.5 Å². The van der Waals surface area contributed by atoms with Crippen molar-refractivity contribution < 1.29 is 4.79 Å². The predicted octanol–water partition coefficient (Wildman–Crippen LogP) is 4.04. The maximum absolute atomic E-state index is 12.5. The van der Waals surface area contributed by atoms with E-state index in [4.69, 9.17) is 0 Å². The van der Waals surface area contributed by atoms with Gasteiger partial charge in [0.1, 0.15) is 0 Å². The van der Waals surface area contributed by atoms with E-state index in [1.54, 1.807) is 0 Å². The fourth-order valence-corrected chi connectivity index (χ4v) is 6.10. The number of carbonyl (C=O) groups is 1. The SMILES string of the molecule is O=C(CCc1c[nH]c2ccccc12)NC1CC2CC1C1CCCC21. The van der Waals surface area contributed by atoms with E-state index in [1.165, 1.54) is 43.1 Å². The zero-order valence-electron chi connectivity index (χ0n) is 14.1. The number of amides is 1. The molecule has 24 heavy (non-hydrogen) atoms. The number of H-pyrrole nitrogens is 1. The van der Waals surface area contributed by atoms with E-state index in [-0.39, 0.29) is 5.91 Å². The summed E-state index contributed by atoms with van der Waals surface area (Å²) in [6, 6.07) is 8.79. The molecule has 5 rings (SSSR count). The molecule has 1 aromatic heterocycles. The maximum atomic E-state index is 12.5. The summed E-state index contributed by atoms with van der Waals surface area (Å²) in [5.74, 6) is 3.84. The Labute approximate surface area is 143 Å². The van der Waals surface area contributed by atoms with Crippen LogP contribution >= 0.6 is 0 Å². The largest absolute Gasteiger partial charge is 0.361 e. The highest BCUT2D eigenvalue weighted by molar-refractivity contribution is 5.84. The normalized spacial score (nSPS) is 33.9. The number of rotatable bonds is 4. The molecule has 0 radical (unpaired) electrons. The molecule has 2 aromatic rings. The number of aromatic nitrogens is 1. The van der Waals surface area contributed by atoms with Crippen molar-refractivity contribution in [2.75, 3.05) is 0 Å². The Kier molecular flexibility index (Phi) is 3.43. The van der Waals surface area contributed by atoms with Crippen LogP contribution in [0, 0.1) is 23.7 Å². The first-order valence-electron chi connectivity index (χ1n) is 9.64. The van der Waals surface area contributed by atoms with Crippen molar-refractivity contribution in [2.45, 2.75) is 51.0 Å². The van der Waals surface area contributed by atoms with Gasteiger partial charge in [-0.15, -0.1) is 0 Å². The minimum Gasteiger partial charge on any atom is -0.361 e. The quantitative estimate of drug-likeness (QED) is 0.876. The molecule has 1 amide bonds. The van der Waals surface area contributed by atoms with Gasteiger partial charge in [0, 0.05) is 29.6 Å². The Bertz CT molecular complexity index is 764. The second-order valence-corrected chi connectivity index (χ2v) is 8.19. The minimum atomic E-state index is 0.243. The van der Waals surface area contributed by atoms with E-state index >= 15 is 0 Å². The van der Waals surface area contributed by atoms with Crippen molar-refractivity contribution in [1.29, 1.82) is 0 Å². The molecule has 0 aliphatic heterocycles. The van der Waals surface area contributed by atoms with Gasteiger partial charge in [0.25, 0.3) is 0 Å². The fraction of sp³-hybridized carbons (Fsp3) is 0.571. The molecule has 0 spiro atoms. The molecular formula is C21H26N2O. The molecular weight excluding hydrogens is 296 g/mol. The van der Waals surface area contributed by atoms with Gasteiger partial charge in [-0.1, -0.05) is 24.6 Å². The van der Waals surface area contributed by atoms with Crippen molar-refractivity contribution in [3.8, 4) is 0 Å². The number of hydrogen-bond donors (Lipinski definition) is 2. The molecule has 126 valence electrons. The second-order valence-electron chi connectivity index (χ2n) is 8.19. The van der Waals surface area contributed by atoms with Gasteiger partial charge in [0.15, 0.2) is 0 Å². The lowest BCUT2D eigenvalue weighted by Gasteiger charge is -2.32. The summed E-state index contributed by atoms with van der Waals surface area (Å²) >= 11 is 0. The van der Waals surface area contributed by atoms with Crippen molar-refractivity contribution in [1.82, 2.24) is 10.3 Å². The van der Waals surface area contributed by atoms with Gasteiger partial charge in [-0.25, -0.2) is 0 Å². The lowest BCUT2D eigenvalue weighted by atomic mass is 9.79. The molecule has 5 unspecified atom stereocenters. The van der Waals surface area contributed by atoms with Gasteiger partial charge >= 0.3 is 0 Å². The Hall–Kier alpha value is -1.77. The van der Waals surface area contributed by atoms with E-state index in [0.29, 0.717) is 12.5 Å². The van der Waals surface area contributed by atoms with Crippen LogP contribution in [-0.4, -0.2) is 16.9 Å². The fourth-order valence-electron chi connectivity index (χ4n) is 6.10. The number of hydrogen-bond acceptors (Lipinski definition) is 1. The third-order valence-corrected chi connectivity index (χ3v) is 7.07. The van der Waals surface area contributed by atoms with Gasteiger partial charge in [-0.3, -0.25) is 4.79 Å². The molecule has 3 nitrogen and oxygen atoms in total. The van der Waals surface area contributed by atoms with Gasteiger partial charge in [-0.05, 0) is 67.4 Å². The molecule has 3 heteroatoms. The molecule has 3 aliphatic carbocycles. The number of benzene rings is 1.